The van der Waals surface area contributed by atoms with Crippen LogP contribution in [0.5, 0.6) is 0 Å². The topological polar surface area (TPSA) is 86.8 Å². The van der Waals surface area contributed by atoms with Gasteiger partial charge in [-0.3, -0.25) is 4.79 Å². The number of carbonyl (C=O) groups excluding carboxylic acids is 1. The molecule has 124 valence electrons. The van der Waals surface area contributed by atoms with Gasteiger partial charge >= 0.3 is 0 Å². The highest BCUT2D eigenvalue weighted by molar-refractivity contribution is 5.92. The van der Waals surface area contributed by atoms with Gasteiger partial charge < -0.3 is 10.2 Å². The third-order valence-electron chi connectivity index (χ3n) is 4.55. The molecule has 7 heteroatoms. The zero-order chi connectivity index (χ0) is 17.1. The van der Waals surface area contributed by atoms with Crippen molar-refractivity contribution in [1.82, 2.24) is 19.7 Å². The Labute approximate surface area is 140 Å². The predicted molar refractivity (Wildman–Crippen MR) is 89.5 cm³/mol. The van der Waals surface area contributed by atoms with Crippen molar-refractivity contribution < 1.29 is 4.79 Å². The summed E-state index contributed by atoms with van der Waals surface area (Å²) in [6.07, 6.45) is 6.58. The van der Waals surface area contributed by atoms with Gasteiger partial charge in [-0.05, 0) is 45.5 Å². The molecule has 0 spiro atoms. The Kier molecular flexibility index (Phi) is 4.58. The molecule has 0 radical (unpaired) electrons. The minimum atomic E-state index is 0.0177. The van der Waals surface area contributed by atoms with Gasteiger partial charge in [0.1, 0.15) is 6.07 Å². The number of amides is 1. The van der Waals surface area contributed by atoms with Gasteiger partial charge in [-0.2, -0.15) is 10.4 Å². The van der Waals surface area contributed by atoms with Crippen LogP contribution >= 0.6 is 0 Å². The second-order valence-corrected chi connectivity index (χ2v) is 6.20. The Balaban J connectivity index is 1.70. The number of likely N-dealkylation sites (tertiary alicyclic amines) is 1. The van der Waals surface area contributed by atoms with Crippen molar-refractivity contribution >= 4 is 11.6 Å². The molecule has 1 amide bonds. The summed E-state index contributed by atoms with van der Waals surface area (Å²) in [5.41, 5.74) is 1.05. The number of rotatable bonds is 3. The smallest absolute Gasteiger partial charge is 0.227 e. The number of carbonyl (C=O) groups is 1. The Hall–Kier alpha value is -2.72. The van der Waals surface area contributed by atoms with Crippen molar-refractivity contribution in [3.63, 3.8) is 0 Å². The van der Waals surface area contributed by atoms with Gasteiger partial charge in [-0.15, -0.1) is 0 Å². The van der Waals surface area contributed by atoms with Crippen LogP contribution in [0.4, 0.5) is 5.69 Å². The summed E-state index contributed by atoms with van der Waals surface area (Å²) in [6.45, 7) is 3.07. The fourth-order valence-corrected chi connectivity index (χ4v) is 2.94. The summed E-state index contributed by atoms with van der Waals surface area (Å²) in [5, 5.41) is 16.3. The lowest BCUT2D eigenvalue weighted by Crippen LogP contribution is -2.41. The quantitative estimate of drug-likeness (QED) is 0.930. The molecule has 1 N–H and O–H groups in total. The van der Waals surface area contributed by atoms with Crippen molar-refractivity contribution in [1.29, 1.82) is 5.26 Å². The van der Waals surface area contributed by atoms with Crippen LogP contribution in [0.2, 0.25) is 0 Å². The molecular formula is C17H20N6O. The van der Waals surface area contributed by atoms with Gasteiger partial charge in [0.25, 0.3) is 0 Å². The molecule has 0 aromatic carbocycles. The van der Waals surface area contributed by atoms with E-state index in [1.165, 1.54) is 4.68 Å². The van der Waals surface area contributed by atoms with Crippen molar-refractivity contribution in [2.24, 2.45) is 5.92 Å². The summed E-state index contributed by atoms with van der Waals surface area (Å²) in [6, 6.07) is 5.88. The molecule has 2 aromatic rings. The van der Waals surface area contributed by atoms with Crippen LogP contribution < -0.4 is 5.32 Å². The molecule has 0 saturated carbocycles. The van der Waals surface area contributed by atoms with Crippen LogP contribution in [0.15, 0.2) is 30.7 Å². The molecule has 0 aliphatic carbocycles. The number of aromatic nitrogens is 3. The van der Waals surface area contributed by atoms with Gasteiger partial charge in [0.05, 0.1) is 23.6 Å². The Morgan fingerprint density at radius 2 is 2.33 bits per heavy atom. The highest BCUT2D eigenvalue weighted by Crippen LogP contribution is 2.23. The number of anilines is 1. The zero-order valence-corrected chi connectivity index (χ0v) is 13.8. The summed E-state index contributed by atoms with van der Waals surface area (Å²) in [4.78, 5) is 18.9. The molecule has 1 aliphatic rings. The number of pyridine rings is 1. The SMILES string of the molecule is C[C@H]1C[C@@H](C(=O)Nc2cnn(-c3ncccc3C#N)c2)CCN1C. The van der Waals surface area contributed by atoms with E-state index < -0.39 is 0 Å². The van der Waals surface area contributed by atoms with Crippen LogP contribution in [0, 0.1) is 17.2 Å². The van der Waals surface area contributed by atoms with Gasteiger partial charge in [0.15, 0.2) is 5.82 Å². The summed E-state index contributed by atoms with van der Waals surface area (Å²) in [7, 11) is 2.09. The van der Waals surface area contributed by atoms with Crippen LogP contribution in [-0.2, 0) is 4.79 Å². The van der Waals surface area contributed by atoms with Crippen LogP contribution in [-0.4, -0.2) is 45.2 Å². The van der Waals surface area contributed by atoms with Crippen LogP contribution in [0.25, 0.3) is 5.82 Å². The molecule has 0 bridgehead atoms. The number of nitrogens with zero attached hydrogens (tertiary/aromatic N) is 5. The van der Waals surface area contributed by atoms with Gasteiger partial charge in [-0.1, -0.05) is 0 Å². The average molecular weight is 324 g/mol. The summed E-state index contributed by atoms with van der Waals surface area (Å²) in [5.74, 6) is 0.494. The third kappa shape index (κ3) is 3.29. The molecule has 1 aliphatic heterocycles. The molecule has 0 unspecified atom stereocenters. The lowest BCUT2D eigenvalue weighted by atomic mass is 9.91. The van der Waals surface area contributed by atoms with Gasteiger partial charge in [0.2, 0.25) is 5.91 Å². The molecule has 7 nitrogen and oxygen atoms in total. The number of hydrogen-bond donors (Lipinski definition) is 1. The Bertz CT molecular complexity index is 777. The highest BCUT2D eigenvalue weighted by Gasteiger charge is 2.28. The Morgan fingerprint density at radius 1 is 1.50 bits per heavy atom. The first-order valence-corrected chi connectivity index (χ1v) is 7.99. The fourth-order valence-electron chi connectivity index (χ4n) is 2.94. The normalized spacial score (nSPS) is 21.2. The summed E-state index contributed by atoms with van der Waals surface area (Å²) >= 11 is 0. The number of piperidine rings is 1. The van der Waals surface area contributed by atoms with E-state index in [-0.39, 0.29) is 11.8 Å². The van der Waals surface area contributed by atoms with E-state index in [4.69, 9.17) is 5.26 Å². The largest absolute Gasteiger partial charge is 0.323 e. The molecular weight excluding hydrogens is 304 g/mol. The first-order chi connectivity index (χ1) is 11.6. The number of hydrogen-bond acceptors (Lipinski definition) is 5. The standard InChI is InChI=1S/C17H20N6O/c1-12-8-13(5-7-22(12)2)17(24)21-15-10-20-23(11-15)16-14(9-18)4-3-6-19-16/h3-4,6,10-13H,5,7-8H2,1-2H3,(H,21,24)/t12-,13-/m0/s1. The monoisotopic (exact) mass is 324 g/mol. The van der Waals surface area contributed by atoms with Crippen LogP contribution in [0.1, 0.15) is 25.3 Å². The minimum Gasteiger partial charge on any atom is -0.323 e. The predicted octanol–water partition coefficient (Wildman–Crippen LogP) is 1.81. The van der Waals surface area contributed by atoms with E-state index in [1.807, 2.05) is 0 Å². The lowest BCUT2D eigenvalue weighted by Gasteiger charge is -2.34. The first kappa shape index (κ1) is 16.1. The fraction of sp³-hybridized carbons (Fsp3) is 0.412. The average Bonchev–Trinajstić information content (AvgIpc) is 3.05. The molecule has 3 rings (SSSR count). The van der Waals surface area contributed by atoms with E-state index in [0.29, 0.717) is 23.1 Å². The van der Waals surface area contributed by atoms with Crippen molar-refractivity contribution in [3.05, 3.63) is 36.3 Å². The van der Waals surface area contributed by atoms with E-state index in [1.54, 1.807) is 30.7 Å². The minimum absolute atomic E-state index is 0.0177. The third-order valence-corrected chi connectivity index (χ3v) is 4.55. The lowest BCUT2D eigenvalue weighted by molar-refractivity contribution is -0.121. The maximum absolute atomic E-state index is 12.5. The van der Waals surface area contributed by atoms with Gasteiger partial charge in [-0.25, -0.2) is 9.67 Å². The van der Waals surface area contributed by atoms with Crippen molar-refractivity contribution in [2.75, 3.05) is 18.9 Å². The number of nitrogens with one attached hydrogen (secondary N) is 1. The second-order valence-electron chi connectivity index (χ2n) is 6.20. The van der Waals surface area contributed by atoms with Gasteiger partial charge in [0, 0.05) is 18.2 Å². The molecule has 3 heterocycles. The number of nitriles is 1. The second kappa shape index (κ2) is 6.81. The summed E-state index contributed by atoms with van der Waals surface area (Å²) < 4.78 is 1.51. The van der Waals surface area contributed by atoms with Crippen molar-refractivity contribution in [3.8, 4) is 11.9 Å². The molecule has 2 aromatic heterocycles. The van der Waals surface area contributed by atoms with Crippen molar-refractivity contribution in [2.45, 2.75) is 25.8 Å². The zero-order valence-electron chi connectivity index (χ0n) is 13.8. The Morgan fingerprint density at radius 3 is 3.08 bits per heavy atom. The first-order valence-electron chi connectivity index (χ1n) is 7.99. The maximum Gasteiger partial charge on any atom is 0.227 e. The molecule has 24 heavy (non-hydrogen) atoms. The van der Waals surface area contributed by atoms with E-state index >= 15 is 0 Å². The molecule has 1 fully saturated rings. The molecule has 2 atom stereocenters. The van der Waals surface area contributed by atoms with E-state index in [9.17, 15) is 4.79 Å². The van der Waals surface area contributed by atoms with E-state index in [2.05, 4.69) is 40.3 Å². The van der Waals surface area contributed by atoms with Crippen LogP contribution in [0.3, 0.4) is 0 Å². The maximum atomic E-state index is 12.5. The van der Waals surface area contributed by atoms with E-state index in [0.717, 1.165) is 19.4 Å². The highest BCUT2D eigenvalue weighted by atomic mass is 16.1. The molecule has 1 saturated heterocycles.